The molecule has 0 bridgehead atoms. The van der Waals surface area contributed by atoms with Gasteiger partial charge in [0.2, 0.25) is 5.91 Å². The summed E-state index contributed by atoms with van der Waals surface area (Å²) >= 11 is 0. The zero-order chi connectivity index (χ0) is 16.9. The predicted octanol–water partition coefficient (Wildman–Crippen LogP) is 3.46. The van der Waals surface area contributed by atoms with E-state index in [1.54, 1.807) is 0 Å². The minimum Gasteiger partial charge on any atom is -0.486 e. The first-order valence-electron chi connectivity index (χ1n) is 8.21. The highest BCUT2D eigenvalue weighted by Gasteiger charge is 2.16. The molecule has 24 heavy (non-hydrogen) atoms. The van der Waals surface area contributed by atoms with Gasteiger partial charge in [0.1, 0.15) is 19.3 Å². The Morgan fingerprint density at radius 3 is 2.42 bits per heavy atom. The van der Waals surface area contributed by atoms with Crippen LogP contribution in [-0.4, -0.2) is 25.2 Å². The van der Waals surface area contributed by atoms with Gasteiger partial charge >= 0.3 is 0 Å². The van der Waals surface area contributed by atoms with Crippen LogP contribution in [0.5, 0.6) is 11.5 Å². The highest BCUT2D eigenvalue weighted by Crippen LogP contribution is 2.32. The number of carbonyl (C=O) groups excluding carboxylic acids is 1. The van der Waals surface area contributed by atoms with Gasteiger partial charge in [-0.2, -0.15) is 0 Å². The molecule has 1 atom stereocenters. The van der Waals surface area contributed by atoms with Gasteiger partial charge < -0.3 is 20.1 Å². The molecular formula is C19H22N2O3. The topological polar surface area (TPSA) is 59.6 Å². The van der Waals surface area contributed by atoms with Gasteiger partial charge in [-0.25, -0.2) is 0 Å². The van der Waals surface area contributed by atoms with Crippen molar-refractivity contribution in [3.05, 3.63) is 48.0 Å². The molecule has 3 rings (SSSR count). The van der Waals surface area contributed by atoms with Crippen molar-refractivity contribution in [2.24, 2.45) is 0 Å². The smallest absolute Gasteiger partial charge is 0.246 e. The first kappa shape index (κ1) is 16.2. The maximum absolute atomic E-state index is 12.3. The molecule has 2 aromatic rings. The molecule has 1 amide bonds. The lowest BCUT2D eigenvalue weighted by Gasteiger charge is -2.20. The molecule has 1 aliphatic rings. The number of benzene rings is 2. The second-order valence-electron chi connectivity index (χ2n) is 5.76. The van der Waals surface area contributed by atoms with E-state index in [0.29, 0.717) is 19.0 Å². The van der Waals surface area contributed by atoms with E-state index >= 15 is 0 Å². The summed E-state index contributed by atoms with van der Waals surface area (Å²) < 4.78 is 11.1. The first-order valence-corrected chi connectivity index (χ1v) is 8.21. The third-order valence-corrected chi connectivity index (χ3v) is 3.95. The van der Waals surface area contributed by atoms with Crippen molar-refractivity contribution in [3.63, 3.8) is 0 Å². The summed E-state index contributed by atoms with van der Waals surface area (Å²) in [6, 6.07) is 13.1. The van der Waals surface area contributed by atoms with Crippen molar-refractivity contribution in [2.45, 2.75) is 26.3 Å². The summed E-state index contributed by atoms with van der Waals surface area (Å²) in [5.74, 6) is 1.35. The second kappa shape index (κ2) is 7.25. The fraction of sp³-hybridized carbons (Fsp3) is 0.316. The van der Waals surface area contributed by atoms with Gasteiger partial charge in [0.25, 0.3) is 0 Å². The molecule has 5 heteroatoms. The van der Waals surface area contributed by atoms with E-state index in [-0.39, 0.29) is 11.9 Å². The van der Waals surface area contributed by atoms with E-state index in [0.717, 1.165) is 23.5 Å². The minimum atomic E-state index is -0.376. The monoisotopic (exact) mass is 326 g/mol. The number of fused-ring (bicyclic) bond motifs is 1. The molecule has 0 saturated heterocycles. The Bertz CT molecular complexity index is 713. The number of rotatable bonds is 5. The zero-order valence-electron chi connectivity index (χ0n) is 14.0. The lowest BCUT2D eigenvalue weighted by molar-refractivity contribution is -0.116. The Morgan fingerprint density at radius 2 is 1.71 bits per heavy atom. The van der Waals surface area contributed by atoms with Crippen molar-refractivity contribution in [3.8, 4) is 11.5 Å². The number of anilines is 2. The Hall–Kier alpha value is -2.69. The third-order valence-electron chi connectivity index (χ3n) is 3.95. The van der Waals surface area contributed by atoms with Crippen molar-refractivity contribution < 1.29 is 14.3 Å². The third kappa shape index (κ3) is 3.79. The Morgan fingerprint density at radius 1 is 1.04 bits per heavy atom. The molecular weight excluding hydrogens is 304 g/mol. The van der Waals surface area contributed by atoms with Gasteiger partial charge in [-0.1, -0.05) is 19.1 Å². The summed E-state index contributed by atoms with van der Waals surface area (Å²) in [6.45, 7) is 5.04. The van der Waals surface area contributed by atoms with E-state index < -0.39 is 0 Å². The van der Waals surface area contributed by atoms with Gasteiger partial charge in [-0.15, -0.1) is 0 Å². The van der Waals surface area contributed by atoms with Gasteiger partial charge in [0.05, 0.1) is 0 Å². The van der Waals surface area contributed by atoms with Crippen LogP contribution in [0.15, 0.2) is 42.5 Å². The fourth-order valence-corrected chi connectivity index (χ4v) is 2.52. The quantitative estimate of drug-likeness (QED) is 0.883. The lowest BCUT2D eigenvalue weighted by atomic mass is 10.1. The number of ether oxygens (including phenoxy) is 2. The molecule has 0 aromatic heterocycles. The number of aryl methyl sites for hydroxylation is 1. The number of carbonyl (C=O) groups is 1. The van der Waals surface area contributed by atoms with E-state index in [9.17, 15) is 4.79 Å². The summed E-state index contributed by atoms with van der Waals surface area (Å²) in [6.07, 6.45) is 0.982. The summed E-state index contributed by atoms with van der Waals surface area (Å²) in [5.41, 5.74) is 2.87. The van der Waals surface area contributed by atoms with Gasteiger partial charge in [0.15, 0.2) is 11.5 Å². The van der Waals surface area contributed by atoms with E-state index in [1.807, 2.05) is 49.4 Å². The normalized spacial score (nSPS) is 13.9. The van der Waals surface area contributed by atoms with E-state index in [4.69, 9.17) is 9.47 Å². The highest BCUT2D eigenvalue weighted by atomic mass is 16.6. The average molecular weight is 326 g/mol. The molecule has 0 spiro atoms. The van der Waals surface area contributed by atoms with Crippen LogP contribution in [0.4, 0.5) is 11.4 Å². The van der Waals surface area contributed by atoms with Gasteiger partial charge in [0, 0.05) is 17.4 Å². The molecule has 1 unspecified atom stereocenters. The molecule has 0 radical (unpaired) electrons. The van der Waals surface area contributed by atoms with Crippen LogP contribution in [0, 0.1) is 0 Å². The van der Waals surface area contributed by atoms with Crippen molar-refractivity contribution >= 4 is 17.3 Å². The number of amides is 1. The second-order valence-corrected chi connectivity index (χ2v) is 5.76. The molecule has 126 valence electrons. The average Bonchev–Trinajstić information content (AvgIpc) is 2.62. The molecule has 2 aromatic carbocycles. The largest absolute Gasteiger partial charge is 0.486 e. The molecule has 2 N–H and O–H groups in total. The van der Waals surface area contributed by atoms with Gasteiger partial charge in [-0.3, -0.25) is 4.79 Å². The van der Waals surface area contributed by atoms with Crippen LogP contribution in [0.1, 0.15) is 19.4 Å². The standard InChI is InChI=1S/C19H22N2O3/c1-3-14-4-6-15(7-5-14)21-19(22)13(2)20-16-8-9-17-18(12-16)24-11-10-23-17/h4-9,12-13,20H,3,10-11H2,1-2H3,(H,21,22). The van der Waals surface area contributed by atoms with Gasteiger partial charge in [-0.05, 0) is 43.2 Å². The number of hydrogen-bond acceptors (Lipinski definition) is 4. The van der Waals surface area contributed by atoms with Crippen LogP contribution in [0.3, 0.4) is 0 Å². The van der Waals surface area contributed by atoms with Crippen molar-refractivity contribution in [2.75, 3.05) is 23.8 Å². The van der Waals surface area contributed by atoms with Crippen LogP contribution in [0.2, 0.25) is 0 Å². The molecule has 5 nitrogen and oxygen atoms in total. The highest BCUT2D eigenvalue weighted by molar-refractivity contribution is 5.96. The maximum atomic E-state index is 12.3. The number of hydrogen-bond donors (Lipinski definition) is 2. The van der Waals surface area contributed by atoms with Crippen LogP contribution >= 0.6 is 0 Å². The Labute approximate surface area is 142 Å². The fourth-order valence-electron chi connectivity index (χ4n) is 2.52. The predicted molar refractivity (Wildman–Crippen MR) is 95.0 cm³/mol. The number of nitrogens with one attached hydrogen (secondary N) is 2. The van der Waals surface area contributed by atoms with Crippen LogP contribution in [0.25, 0.3) is 0 Å². The zero-order valence-corrected chi connectivity index (χ0v) is 14.0. The SMILES string of the molecule is CCc1ccc(NC(=O)C(C)Nc2ccc3c(c2)OCCO3)cc1. The maximum Gasteiger partial charge on any atom is 0.246 e. The molecule has 0 saturated carbocycles. The molecule has 0 aliphatic carbocycles. The lowest BCUT2D eigenvalue weighted by Crippen LogP contribution is -2.31. The van der Waals surface area contributed by atoms with Crippen LogP contribution < -0.4 is 20.1 Å². The first-order chi connectivity index (χ1) is 11.7. The molecule has 1 heterocycles. The van der Waals surface area contributed by atoms with Crippen molar-refractivity contribution in [1.29, 1.82) is 0 Å². The van der Waals surface area contributed by atoms with Crippen LogP contribution in [-0.2, 0) is 11.2 Å². The summed E-state index contributed by atoms with van der Waals surface area (Å²) in [4.78, 5) is 12.3. The van der Waals surface area contributed by atoms with E-state index in [2.05, 4.69) is 17.6 Å². The summed E-state index contributed by atoms with van der Waals surface area (Å²) in [7, 11) is 0. The molecule has 0 fully saturated rings. The molecule has 1 aliphatic heterocycles. The Balaban J connectivity index is 1.61. The Kier molecular flexibility index (Phi) is 4.89. The van der Waals surface area contributed by atoms with E-state index in [1.165, 1.54) is 5.56 Å². The minimum absolute atomic E-state index is 0.0888. The van der Waals surface area contributed by atoms with Crippen molar-refractivity contribution in [1.82, 2.24) is 0 Å². The summed E-state index contributed by atoms with van der Waals surface area (Å²) in [5, 5.41) is 6.11.